The number of nitrogens with one attached hydrogen (secondary N) is 1. The van der Waals surface area contributed by atoms with E-state index in [2.05, 4.69) is 54.9 Å². The van der Waals surface area contributed by atoms with E-state index in [4.69, 9.17) is 14.8 Å². The van der Waals surface area contributed by atoms with Crippen LogP contribution in [0.4, 0.5) is 5.69 Å². The van der Waals surface area contributed by atoms with Gasteiger partial charge in [0.15, 0.2) is 6.61 Å². The van der Waals surface area contributed by atoms with Crippen molar-refractivity contribution in [1.82, 2.24) is 4.68 Å². The fourth-order valence-corrected chi connectivity index (χ4v) is 4.77. The molecule has 0 fully saturated rings. The van der Waals surface area contributed by atoms with Gasteiger partial charge in [0.05, 0.1) is 17.6 Å². The Bertz CT molecular complexity index is 1470. The molecule has 176 valence electrons. The molecule has 4 aromatic rings. The van der Waals surface area contributed by atoms with Crippen LogP contribution < -0.4 is 14.9 Å². The second-order valence-electron chi connectivity index (χ2n) is 8.49. The summed E-state index contributed by atoms with van der Waals surface area (Å²) in [4.78, 5) is 17.5. The first kappa shape index (κ1) is 22.8. The molecule has 0 spiro atoms. The van der Waals surface area contributed by atoms with Crippen LogP contribution in [0.2, 0.25) is 0 Å². The number of carbonyl (C=O) groups excluding carboxylic acids is 1. The lowest BCUT2D eigenvalue weighted by Gasteiger charge is -2.18. The minimum atomic E-state index is -0.155. The lowest BCUT2D eigenvalue weighted by molar-refractivity contribution is -0.118. The van der Waals surface area contributed by atoms with E-state index in [0.29, 0.717) is 18.0 Å². The van der Waals surface area contributed by atoms with E-state index in [-0.39, 0.29) is 12.5 Å². The van der Waals surface area contributed by atoms with Gasteiger partial charge in [0.25, 0.3) is 5.91 Å². The van der Waals surface area contributed by atoms with E-state index in [1.54, 1.807) is 11.3 Å². The van der Waals surface area contributed by atoms with Crippen molar-refractivity contribution in [3.8, 4) is 17.0 Å². The van der Waals surface area contributed by atoms with Gasteiger partial charge < -0.3 is 10.1 Å². The number of aryl methyl sites for hydroxylation is 2. The standard InChI is InChI=1S/C28H26N4O2S/c1-19-8-9-20(2)23(14-19)16-30-32-25(22-10-11-26-24(15-22)31-27(33)17-34-26)18-35-28(32)29-13-12-21-6-4-3-5-7-21/h3-11,14-16,18H,12-13,17H2,1-2H3,(H,31,33). The summed E-state index contributed by atoms with van der Waals surface area (Å²) in [6.45, 7) is 4.86. The Morgan fingerprint density at radius 1 is 1.09 bits per heavy atom. The number of rotatable bonds is 6. The lowest BCUT2D eigenvalue weighted by atomic mass is 10.1. The third kappa shape index (κ3) is 5.25. The molecular weight excluding hydrogens is 456 g/mol. The number of thiazole rings is 1. The summed E-state index contributed by atoms with van der Waals surface area (Å²) in [7, 11) is 0. The first-order valence-corrected chi connectivity index (χ1v) is 12.4. The van der Waals surface area contributed by atoms with Gasteiger partial charge in [-0.3, -0.25) is 9.79 Å². The second kappa shape index (κ2) is 10.1. The van der Waals surface area contributed by atoms with Gasteiger partial charge in [0, 0.05) is 17.5 Å². The van der Waals surface area contributed by atoms with Crippen molar-refractivity contribution in [1.29, 1.82) is 0 Å². The quantitative estimate of drug-likeness (QED) is 0.384. The highest BCUT2D eigenvalue weighted by Gasteiger charge is 2.17. The van der Waals surface area contributed by atoms with Gasteiger partial charge in [-0.2, -0.15) is 5.10 Å². The van der Waals surface area contributed by atoms with E-state index < -0.39 is 0 Å². The first-order chi connectivity index (χ1) is 17.1. The second-order valence-corrected chi connectivity index (χ2v) is 9.32. The fraction of sp³-hybridized carbons (Fsp3) is 0.179. The number of ether oxygens (including phenoxy) is 1. The Labute approximate surface area is 208 Å². The zero-order valence-electron chi connectivity index (χ0n) is 19.7. The van der Waals surface area contributed by atoms with Crippen molar-refractivity contribution >= 4 is 29.1 Å². The molecule has 6 nitrogen and oxygen atoms in total. The summed E-state index contributed by atoms with van der Waals surface area (Å²) in [5, 5.41) is 9.80. The molecule has 3 aromatic carbocycles. The van der Waals surface area contributed by atoms with E-state index in [1.807, 2.05) is 47.3 Å². The Hall–Kier alpha value is -3.97. The number of hydrogen-bond acceptors (Lipinski definition) is 5. The molecule has 0 aliphatic carbocycles. The zero-order chi connectivity index (χ0) is 24.2. The van der Waals surface area contributed by atoms with Gasteiger partial charge in [-0.05, 0) is 55.2 Å². The first-order valence-electron chi connectivity index (χ1n) is 11.5. The van der Waals surface area contributed by atoms with E-state index >= 15 is 0 Å². The summed E-state index contributed by atoms with van der Waals surface area (Å²) < 4.78 is 7.40. The average molecular weight is 483 g/mol. The molecule has 1 amide bonds. The monoisotopic (exact) mass is 482 g/mol. The van der Waals surface area contributed by atoms with Gasteiger partial charge in [0.1, 0.15) is 5.75 Å². The Morgan fingerprint density at radius 2 is 1.94 bits per heavy atom. The van der Waals surface area contributed by atoms with E-state index in [0.717, 1.165) is 33.6 Å². The summed E-state index contributed by atoms with van der Waals surface area (Å²) in [5.41, 5.74) is 7.15. The van der Waals surface area contributed by atoms with Gasteiger partial charge in [-0.15, -0.1) is 11.3 Å². The topological polar surface area (TPSA) is 68.0 Å². The minimum Gasteiger partial charge on any atom is -0.482 e. The molecule has 1 N–H and O–H groups in total. The van der Waals surface area contributed by atoms with Crippen LogP contribution in [-0.2, 0) is 11.2 Å². The largest absolute Gasteiger partial charge is 0.482 e. The fourth-order valence-electron chi connectivity index (χ4n) is 3.90. The van der Waals surface area contributed by atoms with Crippen LogP contribution in [0.5, 0.6) is 5.75 Å². The average Bonchev–Trinajstić information content (AvgIpc) is 3.27. The molecule has 0 saturated heterocycles. The lowest BCUT2D eigenvalue weighted by Crippen LogP contribution is -2.25. The van der Waals surface area contributed by atoms with Gasteiger partial charge in [0.2, 0.25) is 4.80 Å². The molecular formula is C28H26N4O2S. The van der Waals surface area contributed by atoms with Gasteiger partial charge in [-0.1, -0.05) is 54.1 Å². The summed E-state index contributed by atoms with van der Waals surface area (Å²) in [5.74, 6) is 0.513. The van der Waals surface area contributed by atoms with Crippen molar-refractivity contribution < 1.29 is 9.53 Å². The van der Waals surface area contributed by atoms with Crippen LogP contribution in [0.3, 0.4) is 0 Å². The Morgan fingerprint density at radius 3 is 2.80 bits per heavy atom. The maximum Gasteiger partial charge on any atom is 0.262 e. The molecule has 1 aromatic heterocycles. The molecule has 2 heterocycles. The highest BCUT2D eigenvalue weighted by atomic mass is 32.1. The molecule has 0 bridgehead atoms. The summed E-state index contributed by atoms with van der Waals surface area (Å²) >= 11 is 1.55. The van der Waals surface area contributed by atoms with E-state index in [1.165, 1.54) is 11.1 Å². The Kier molecular flexibility index (Phi) is 6.59. The van der Waals surface area contributed by atoms with Gasteiger partial charge in [-0.25, -0.2) is 4.68 Å². The molecule has 0 saturated carbocycles. The highest BCUT2D eigenvalue weighted by molar-refractivity contribution is 7.07. The van der Waals surface area contributed by atoms with Crippen LogP contribution in [0.25, 0.3) is 11.3 Å². The number of fused-ring (bicyclic) bond motifs is 1. The molecule has 1 aliphatic heterocycles. The molecule has 1 aliphatic rings. The summed E-state index contributed by atoms with van der Waals surface area (Å²) in [6, 6.07) is 22.5. The molecule has 0 radical (unpaired) electrons. The van der Waals surface area contributed by atoms with Crippen LogP contribution in [0, 0.1) is 13.8 Å². The maximum absolute atomic E-state index is 11.8. The highest BCUT2D eigenvalue weighted by Crippen LogP contribution is 2.32. The molecule has 5 rings (SSSR count). The van der Waals surface area contributed by atoms with E-state index in [9.17, 15) is 4.79 Å². The number of amides is 1. The molecule has 0 unspecified atom stereocenters. The van der Waals surface area contributed by atoms with Crippen LogP contribution in [0.15, 0.2) is 82.2 Å². The maximum atomic E-state index is 11.8. The Balaban J connectivity index is 1.53. The number of benzene rings is 3. The third-order valence-electron chi connectivity index (χ3n) is 5.83. The van der Waals surface area contributed by atoms with Crippen molar-refractivity contribution in [2.75, 3.05) is 18.5 Å². The minimum absolute atomic E-state index is 0.0371. The normalized spacial score (nSPS) is 13.5. The smallest absolute Gasteiger partial charge is 0.262 e. The third-order valence-corrected chi connectivity index (χ3v) is 6.68. The molecule has 0 atom stereocenters. The van der Waals surface area contributed by atoms with Crippen LogP contribution in [-0.4, -0.2) is 29.9 Å². The number of nitrogens with zero attached hydrogens (tertiary/aromatic N) is 3. The number of anilines is 1. The van der Waals surface area contributed by atoms with Crippen molar-refractivity contribution in [2.24, 2.45) is 10.1 Å². The molecule has 35 heavy (non-hydrogen) atoms. The number of carbonyl (C=O) groups is 1. The predicted molar refractivity (Wildman–Crippen MR) is 141 cm³/mol. The van der Waals surface area contributed by atoms with Crippen molar-refractivity contribution in [3.05, 3.63) is 99.2 Å². The summed E-state index contributed by atoms with van der Waals surface area (Å²) in [6.07, 6.45) is 2.75. The predicted octanol–water partition coefficient (Wildman–Crippen LogP) is 5.19. The molecule has 7 heteroatoms. The van der Waals surface area contributed by atoms with Crippen LogP contribution >= 0.6 is 11.3 Å². The van der Waals surface area contributed by atoms with Crippen molar-refractivity contribution in [2.45, 2.75) is 20.3 Å². The zero-order valence-corrected chi connectivity index (χ0v) is 20.5. The SMILES string of the molecule is Cc1ccc(C)c(C=Nn2c(-c3ccc4c(c3)NC(=O)CO4)csc2=NCCc2ccccc2)c1. The van der Waals surface area contributed by atoms with Gasteiger partial charge >= 0.3 is 0 Å². The number of hydrogen-bond donors (Lipinski definition) is 1. The number of aromatic nitrogens is 1. The van der Waals surface area contributed by atoms with Crippen molar-refractivity contribution in [3.63, 3.8) is 0 Å². The van der Waals surface area contributed by atoms with Crippen LogP contribution in [0.1, 0.15) is 22.3 Å².